The zero-order valence-electron chi connectivity index (χ0n) is 12.8. The second-order valence-corrected chi connectivity index (χ2v) is 5.23. The van der Waals surface area contributed by atoms with E-state index in [0.29, 0.717) is 5.75 Å². The molecule has 2 aromatic rings. The van der Waals surface area contributed by atoms with Crippen LogP contribution in [0.4, 0.5) is 4.39 Å². The van der Waals surface area contributed by atoms with Gasteiger partial charge in [0, 0.05) is 17.1 Å². The average molecular weight is 352 g/mol. The molecule has 1 N–H and O–H groups in total. The third kappa shape index (κ3) is 4.70. The predicted octanol–water partition coefficient (Wildman–Crippen LogP) is 2.96. The summed E-state index contributed by atoms with van der Waals surface area (Å²) < 4.78 is 23.5. The third-order valence-electron chi connectivity index (χ3n) is 3.15. The molecule has 24 heavy (non-hydrogen) atoms. The van der Waals surface area contributed by atoms with Gasteiger partial charge in [0.2, 0.25) is 0 Å². The number of hydrogen-bond donors (Lipinski definition) is 1. The van der Waals surface area contributed by atoms with Crippen molar-refractivity contribution in [3.8, 4) is 5.75 Å². The van der Waals surface area contributed by atoms with Gasteiger partial charge in [0.05, 0.1) is 12.7 Å². The summed E-state index contributed by atoms with van der Waals surface area (Å²) in [4.78, 5) is 23.5. The maximum atomic E-state index is 13.6. The fourth-order valence-electron chi connectivity index (χ4n) is 1.96. The molecule has 0 atom stereocenters. The van der Waals surface area contributed by atoms with Crippen molar-refractivity contribution in [1.82, 2.24) is 5.32 Å². The number of hydrogen-bond acceptors (Lipinski definition) is 4. The number of ether oxygens (including phenoxy) is 2. The van der Waals surface area contributed by atoms with Crippen LogP contribution in [0.25, 0.3) is 0 Å². The first-order valence-corrected chi connectivity index (χ1v) is 7.40. The zero-order chi connectivity index (χ0) is 17.5. The molecule has 0 heterocycles. The van der Waals surface area contributed by atoms with E-state index >= 15 is 0 Å². The van der Waals surface area contributed by atoms with Crippen molar-refractivity contribution >= 4 is 23.5 Å². The van der Waals surface area contributed by atoms with Crippen molar-refractivity contribution in [3.05, 3.63) is 64.4 Å². The molecule has 0 aliphatic rings. The van der Waals surface area contributed by atoms with Crippen molar-refractivity contribution in [2.45, 2.75) is 6.54 Å². The lowest BCUT2D eigenvalue weighted by Gasteiger charge is -2.10. The molecular weight excluding hydrogens is 337 g/mol. The highest BCUT2D eigenvalue weighted by atomic mass is 35.5. The number of methoxy groups -OCH3 is 1. The summed E-state index contributed by atoms with van der Waals surface area (Å²) in [7, 11) is 1.53. The van der Waals surface area contributed by atoms with Crippen LogP contribution in [0.5, 0.6) is 5.75 Å². The number of carbonyl (C=O) groups is 2. The van der Waals surface area contributed by atoms with Crippen LogP contribution >= 0.6 is 11.6 Å². The largest absolute Gasteiger partial charge is 0.496 e. The fourth-order valence-corrected chi connectivity index (χ4v) is 2.12. The smallest absolute Gasteiger partial charge is 0.341 e. The van der Waals surface area contributed by atoms with E-state index in [2.05, 4.69) is 5.32 Å². The standard InChI is InChI=1S/C17H15ClFNO4/c1-23-15-5-3-2-4-11(15)9-20-16(21)10-24-17(22)13-7-6-12(18)8-14(13)19/h2-8H,9-10H2,1H3,(H,20,21). The molecule has 126 valence electrons. The quantitative estimate of drug-likeness (QED) is 0.813. The third-order valence-corrected chi connectivity index (χ3v) is 3.39. The number of carbonyl (C=O) groups excluding carboxylic acids is 2. The van der Waals surface area contributed by atoms with Crippen molar-refractivity contribution in [3.63, 3.8) is 0 Å². The van der Waals surface area contributed by atoms with Crippen molar-refractivity contribution < 1.29 is 23.5 Å². The van der Waals surface area contributed by atoms with Gasteiger partial charge in [-0.25, -0.2) is 9.18 Å². The van der Waals surface area contributed by atoms with E-state index in [-0.39, 0.29) is 17.1 Å². The molecule has 0 aromatic heterocycles. The SMILES string of the molecule is COc1ccccc1CNC(=O)COC(=O)c1ccc(Cl)cc1F. The predicted molar refractivity (Wildman–Crippen MR) is 86.5 cm³/mol. The molecule has 2 aromatic carbocycles. The van der Waals surface area contributed by atoms with E-state index in [1.807, 2.05) is 12.1 Å². The van der Waals surface area contributed by atoms with Gasteiger partial charge in [0.1, 0.15) is 11.6 Å². The minimum atomic E-state index is -0.934. The molecule has 2 rings (SSSR count). The van der Waals surface area contributed by atoms with Crippen LogP contribution in [0.2, 0.25) is 5.02 Å². The van der Waals surface area contributed by atoms with E-state index in [1.54, 1.807) is 12.1 Å². The molecule has 0 aliphatic carbocycles. The van der Waals surface area contributed by atoms with Crippen LogP contribution < -0.4 is 10.1 Å². The van der Waals surface area contributed by atoms with Crippen molar-refractivity contribution in [2.24, 2.45) is 0 Å². The summed E-state index contributed by atoms with van der Waals surface area (Å²) in [5, 5.41) is 2.76. The molecule has 0 radical (unpaired) electrons. The number of rotatable bonds is 6. The highest BCUT2D eigenvalue weighted by Crippen LogP contribution is 2.17. The van der Waals surface area contributed by atoms with Gasteiger partial charge >= 0.3 is 5.97 Å². The molecule has 5 nitrogen and oxygen atoms in total. The van der Waals surface area contributed by atoms with E-state index < -0.39 is 24.3 Å². The lowest BCUT2D eigenvalue weighted by molar-refractivity contribution is -0.124. The normalized spacial score (nSPS) is 10.1. The number of para-hydroxylation sites is 1. The Bertz CT molecular complexity index is 751. The Morgan fingerprint density at radius 2 is 1.96 bits per heavy atom. The summed E-state index contributed by atoms with van der Waals surface area (Å²) >= 11 is 5.61. The summed E-state index contributed by atoms with van der Waals surface area (Å²) in [6.07, 6.45) is 0. The Labute approximate surface area is 143 Å². The summed E-state index contributed by atoms with van der Waals surface area (Å²) in [5.74, 6) is -1.61. The Kier molecular flexibility index (Phi) is 6.14. The first-order chi connectivity index (χ1) is 11.5. The van der Waals surface area contributed by atoms with Crippen LogP contribution in [-0.4, -0.2) is 25.6 Å². The topological polar surface area (TPSA) is 64.6 Å². The Morgan fingerprint density at radius 3 is 2.67 bits per heavy atom. The first-order valence-electron chi connectivity index (χ1n) is 7.02. The Balaban J connectivity index is 1.85. The lowest BCUT2D eigenvalue weighted by Crippen LogP contribution is -2.28. The minimum Gasteiger partial charge on any atom is -0.496 e. The average Bonchev–Trinajstić information content (AvgIpc) is 2.58. The molecule has 0 fully saturated rings. The Morgan fingerprint density at radius 1 is 1.21 bits per heavy atom. The first kappa shape index (κ1) is 17.7. The van der Waals surface area contributed by atoms with Crippen LogP contribution in [0, 0.1) is 5.82 Å². The lowest BCUT2D eigenvalue weighted by atomic mass is 10.2. The summed E-state index contributed by atoms with van der Waals surface area (Å²) in [5.41, 5.74) is 0.500. The maximum Gasteiger partial charge on any atom is 0.341 e. The van der Waals surface area contributed by atoms with Gasteiger partial charge in [0.25, 0.3) is 5.91 Å². The highest BCUT2D eigenvalue weighted by Gasteiger charge is 2.15. The summed E-state index contributed by atoms with van der Waals surface area (Å²) in [6, 6.07) is 10.8. The van der Waals surface area contributed by atoms with Gasteiger partial charge in [-0.2, -0.15) is 0 Å². The molecular formula is C17H15ClFNO4. The molecule has 0 unspecified atom stereocenters. The van der Waals surface area contributed by atoms with Crippen LogP contribution in [0.3, 0.4) is 0 Å². The maximum absolute atomic E-state index is 13.6. The van der Waals surface area contributed by atoms with Crippen molar-refractivity contribution in [2.75, 3.05) is 13.7 Å². The minimum absolute atomic E-state index is 0.165. The molecule has 1 amide bonds. The molecule has 0 saturated heterocycles. The van der Waals surface area contributed by atoms with Crippen LogP contribution in [0.15, 0.2) is 42.5 Å². The monoisotopic (exact) mass is 351 g/mol. The Hall–Kier alpha value is -2.60. The molecule has 0 aliphatic heterocycles. The fraction of sp³-hybridized carbons (Fsp3) is 0.176. The van der Waals surface area contributed by atoms with Gasteiger partial charge in [-0.3, -0.25) is 4.79 Å². The van der Waals surface area contributed by atoms with Gasteiger partial charge < -0.3 is 14.8 Å². The van der Waals surface area contributed by atoms with Gasteiger partial charge in [0.15, 0.2) is 6.61 Å². The van der Waals surface area contributed by atoms with E-state index in [0.717, 1.165) is 11.6 Å². The number of esters is 1. The number of benzene rings is 2. The number of nitrogens with one attached hydrogen (secondary N) is 1. The van der Waals surface area contributed by atoms with Gasteiger partial charge in [-0.15, -0.1) is 0 Å². The molecule has 0 bridgehead atoms. The number of halogens is 2. The van der Waals surface area contributed by atoms with Gasteiger partial charge in [-0.05, 0) is 24.3 Å². The molecule has 0 saturated carbocycles. The summed E-state index contributed by atoms with van der Waals surface area (Å²) in [6.45, 7) is -0.300. The van der Waals surface area contributed by atoms with E-state index in [4.69, 9.17) is 21.1 Å². The van der Waals surface area contributed by atoms with Crippen LogP contribution in [-0.2, 0) is 16.1 Å². The van der Waals surface area contributed by atoms with E-state index in [9.17, 15) is 14.0 Å². The zero-order valence-corrected chi connectivity index (χ0v) is 13.6. The number of amides is 1. The second kappa shape index (κ2) is 8.31. The molecule has 0 spiro atoms. The highest BCUT2D eigenvalue weighted by molar-refractivity contribution is 6.30. The van der Waals surface area contributed by atoms with Crippen LogP contribution in [0.1, 0.15) is 15.9 Å². The van der Waals surface area contributed by atoms with Gasteiger partial charge in [-0.1, -0.05) is 29.8 Å². The molecule has 7 heteroatoms. The second-order valence-electron chi connectivity index (χ2n) is 4.79. The van der Waals surface area contributed by atoms with E-state index in [1.165, 1.54) is 19.2 Å². The van der Waals surface area contributed by atoms with Crippen molar-refractivity contribution in [1.29, 1.82) is 0 Å².